The van der Waals surface area contributed by atoms with Crippen LogP contribution in [-0.2, 0) is 0 Å². The van der Waals surface area contributed by atoms with Crippen molar-refractivity contribution >= 4 is 91.0 Å². The first-order valence-corrected chi connectivity index (χ1v) is 12.9. The summed E-state index contributed by atoms with van der Waals surface area (Å²) in [6, 6.07) is 0. The van der Waals surface area contributed by atoms with Crippen LogP contribution in [0.3, 0.4) is 0 Å². The predicted molar refractivity (Wildman–Crippen MR) is 98.3 cm³/mol. The maximum absolute atomic E-state index is 8.32. The van der Waals surface area contributed by atoms with Crippen molar-refractivity contribution in [2.45, 2.75) is 0 Å². The predicted octanol–water partition coefficient (Wildman–Crippen LogP) is 4.91. The highest BCUT2D eigenvalue weighted by Crippen LogP contribution is 2.21. The standard InChI is InChI=1S/C4H8Br2S2.C4H9BrOS2/c2*5-1-3-7-8-4-2-6/h1-4H2;6H,1-4H2. The van der Waals surface area contributed by atoms with Gasteiger partial charge in [0, 0.05) is 39.0 Å². The van der Waals surface area contributed by atoms with Gasteiger partial charge >= 0.3 is 0 Å². The zero-order valence-electron chi connectivity index (χ0n) is 8.87. The van der Waals surface area contributed by atoms with Gasteiger partial charge in [0.2, 0.25) is 0 Å². The number of aliphatic hydroxyl groups is 1. The number of hydrogen-bond donors (Lipinski definition) is 1. The summed E-state index contributed by atoms with van der Waals surface area (Å²) in [7, 11) is 7.34. The summed E-state index contributed by atoms with van der Waals surface area (Å²) in [4.78, 5) is 0. The van der Waals surface area contributed by atoms with E-state index in [-0.39, 0.29) is 0 Å². The first kappa shape index (κ1) is 21.1. The Bertz CT molecular complexity index is 89.3. The van der Waals surface area contributed by atoms with E-state index in [0.29, 0.717) is 6.61 Å². The summed E-state index contributed by atoms with van der Waals surface area (Å²) in [6.45, 7) is 0.292. The number of rotatable bonds is 10. The number of alkyl halides is 3. The van der Waals surface area contributed by atoms with Crippen LogP contribution in [-0.4, -0.2) is 50.7 Å². The highest BCUT2D eigenvalue weighted by Gasteiger charge is 1.85. The van der Waals surface area contributed by atoms with Crippen molar-refractivity contribution in [2.24, 2.45) is 0 Å². The fraction of sp³-hybridized carbons (Fsp3) is 1.00. The Kier molecular flexibility index (Phi) is 30.3. The normalized spacial score (nSPS) is 9.75. The second-order valence-electron chi connectivity index (χ2n) is 2.08. The number of aliphatic hydroxyl groups excluding tert-OH is 1. The molecule has 16 heavy (non-hydrogen) atoms. The second-order valence-corrected chi connectivity index (χ2v) is 9.86. The van der Waals surface area contributed by atoms with Gasteiger partial charge in [0.25, 0.3) is 0 Å². The van der Waals surface area contributed by atoms with Gasteiger partial charge in [0.15, 0.2) is 0 Å². The number of halogens is 3. The monoisotopic (exact) mass is 494 g/mol. The van der Waals surface area contributed by atoms with Crippen LogP contribution in [0.1, 0.15) is 0 Å². The van der Waals surface area contributed by atoms with E-state index >= 15 is 0 Å². The quantitative estimate of drug-likeness (QED) is 0.262. The molecule has 0 heterocycles. The number of hydrogen-bond acceptors (Lipinski definition) is 5. The maximum Gasteiger partial charge on any atom is 0.0530 e. The molecule has 0 rings (SSSR count). The first-order valence-electron chi connectivity index (χ1n) is 4.61. The van der Waals surface area contributed by atoms with Gasteiger partial charge in [-0.2, -0.15) is 0 Å². The van der Waals surface area contributed by atoms with E-state index < -0.39 is 0 Å². The van der Waals surface area contributed by atoms with Crippen molar-refractivity contribution in [3.63, 3.8) is 0 Å². The van der Waals surface area contributed by atoms with E-state index in [1.165, 1.54) is 11.5 Å². The molecule has 0 bridgehead atoms. The molecule has 0 unspecified atom stereocenters. The molecule has 0 atom stereocenters. The van der Waals surface area contributed by atoms with Gasteiger partial charge in [-0.05, 0) is 0 Å². The summed E-state index contributed by atoms with van der Waals surface area (Å²) >= 11 is 10.0. The van der Waals surface area contributed by atoms with Gasteiger partial charge in [-0.25, -0.2) is 0 Å². The summed E-state index contributed by atoms with van der Waals surface area (Å²) in [5, 5.41) is 11.6. The highest BCUT2D eigenvalue weighted by molar-refractivity contribution is 9.09. The van der Waals surface area contributed by atoms with Crippen LogP contribution in [0.4, 0.5) is 0 Å². The lowest BCUT2D eigenvalue weighted by Gasteiger charge is -1.92. The van der Waals surface area contributed by atoms with Gasteiger partial charge in [-0.3, -0.25) is 0 Å². The lowest BCUT2D eigenvalue weighted by atomic mass is 10.9. The van der Waals surface area contributed by atoms with Gasteiger partial charge in [-0.1, -0.05) is 91.0 Å². The fourth-order valence-electron chi connectivity index (χ4n) is 0.367. The lowest BCUT2D eigenvalue weighted by molar-refractivity contribution is 0.323. The molecule has 0 aromatic rings. The molecule has 0 fully saturated rings. The Morgan fingerprint density at radius 1 is 0.625 bits per heavy atom. The summed E-state index contributed by atoms with van der Waals surface area (Å²) in [6.07, 6.45) is 0. The molecule has 0 aliphatic carbocycles. The van der Waals surface area contributed by atoms with Crippen LogP contribution in [0.5, 0.6) is 0 Å². The molecule has 0 radical (unpaired) electrons. The second kappa shape index (κ2) is 22.9. The van der Waals surface area contributed by atoms with Crippen molar-refractivity contribution in [2.75, 3.05) is 45.6 Å². The van der Waals surface area contributed by atoms with Gasteiger partial charge in [-0.15, -0.1) is 0 Å². The van der Waals surface area contributed by atoms with E-state index in [1.54, 1.807) is 21.6 Å². The van der Waals surface area contributed by atoms with Crippen molar-refractivity contribution in [1.82, 2.24) is 0 Å². The van der Waals surface area contributed by atoms with Crippen molar-refractivity contribution in [3.05, 3.63) is 0 Å². The Morgan fingerprint density at radius 3 is 1.19 bits per heavy atom. The minimum Gasteiger partial charge on any atom is -0.395 e. The van der Waals surface area contributed by atoms with Crippen LogP contribution in [0.25, 0.3) is 0 Å². The van der Waals surface area contributed by atoms with Crippen LogP contribution in [0, 0.1) is 0 Å². The van der Waals surface area contributed by atoms with E-state index in [2.05, 4.69) is 47.8 Å². The zero-order chi connectivity index (χ0) is 12.5. The third-order valence-electron chi connectivity index (χ3n) is 0.823. The average molecular weight is 497 g/mol. The van der Waals surface area contributed by atoms with E-state index in [0.717, 1.165) is 27.5 Å². The minimum atomic E-state index is 0.292. The lowest BCUT2D eigenvalue weighted by Crippen LogP contribution is -1.83. The molecule has 0 aliphatic heterocycles. The van der Waals surface area contributed by atoms with Gasteiger partial charge in [0.1, 0.15) is 0 Å². The highest BCUT2D eigenvalue weighted by atomic mass is 79.9. The van der Waals surface area contributed by atoms with Crippen LogP contribution in [0.15, 0.2) is 0 Å². The zero-order valence-corrected chi connectivity index (χ0v) is 16.9. The molecule has 0 aliphatic rings. The summed E-state index contributed by atoms with van der Waals surface area (Å²) in [5.74, 6) is 4.37. The molecule has 0 saturated carbocycles. The summed E-state index contributed by atoms with van der Waals surface area (Å²) < 4.78 is 0. The minimum absolute atomic E-state index is 0.292. The summed E-state index contributed by atoms with van der Waals surface area (Å²) in [5.41, 5.74) is 0. The molecule has 0 saturated heterocycles. The van der Waals surface area contributed by atoms with Crippen molar-refractivity contribution in [1.29, 1.82) is 0 Å². The first-order chi connectivity index (χ1) is 7.83. The Balaban J connectivity index is 0. The molecule has 0 amide bonds. The third kappa shape index (κ3) is 25.6. The Hall–Kier alpha value is 2.80. The van der Waals surface area contributed by atoms with E-state index in [4.69, 9.17) is 5.11 Å². The third-order valence-corrected chi connectivity index (χ3v) is 8.38. The Morgan fingerprint density at radius 2 is 0.938 bits per heavy atom. The SMILES string of the molecule is BrCCSSCCBr.OCCSSCCBr. The molecule has 0 spiro atoms. The topological polar surface area (TPSA) is 20.2 Å². The molecule has 1 N–H and O–H groups in total. The molecular formula is C8H17Br3OS4. The largest absolute Gasteiger partial charge is 0.395 e. The van der Waals surface area contributed by atoms with Crippen LogP contribution < -0.4 is 0 Å². The van der Waals surface area contributed by atoms with Gasteiger partial charge < -0.3 is 5.11 Å². The molecule has 8 heteroatoms. The van der Waals surface area contributed by atoms with Crippen molar-refractivity contribution in [3.8, 4) is 0 Å². The fourth-order valence-corrected chi connectivity index (χ4v) is 6.88. The van der Waals surface area contributed by atoms with E-state index in [9.17, 15) is 0 Å². The van der Waals surface area contributed by atoms with Crippen molar-refractivity contribution < 1.29 is 5.11 Å². The van der Waals surface area contributed by atoms with Gasteiger partial charge in [0.05, 0.1) is 6.61 Å². The van der Waals surface area contributed by atoms with E-state index in [1.807, 2.05) is 21.6 Å². The Labute approximate surface area is 140 Å². The smallest absolute Gasteiger partial charge is 0.0530 e. The maximum atomic E-state index is 8.32. The van der Waals surface area contributed by atoms with Crippen LogP contribution >= 0.6 is 91.0 Å². The van der Waals surface area contributed by atoms with Crippen LogP contribution in [0.2, 0.25) is 0 Å². The molecule has 0 aromatic heterocycles. The molecule has 0 aromatic carbocycles. The molecular weight excluding hydrogens is 480 g/mol. The molecule has 1 nitrogen and oxygen atoms in total. The molecule has 100 valence electrons. The average Bonchev–Trinajstić information content (AvgIpc) is 2.31.